The molecule has 0 saturated heterocycles. The first-order valence-corrected chi connectivity index (χ1v) is 9.52. The minimum atomic E-state index is -0.453. The van der Waals surface area contributed by atoms with E-state index in [2.05, 4.69) is 0 Å². The number of carbonyl (C=O) groups excluding carboxylic acids is 1. The van der Waals surface area contributed by atoms with Crippen LogP contribution in [0.4, 0.5) is 11.4 Å². The molecule has 1 heterocycles. The molecule has 0 bridgehead atoms. The van der Waals surface area contributed by atoms with Crippen molar-refractivity contribution in [3.05, 3.63) is 36.4 Å². The van der Waals surface area contributed by atoms with Crippen LogP contribution in [-0.4, -0.2) is 65.0 Å². The smallest absolute Gasteiger partial charge is 0.421 e. The summed E-state index contributed by atoms with van der Waals surface area (Å²) in [5, 5.41) is 0. The van der Waals surface area contributed by atoms with Gasteiger partial charge in [-0.15, -0.1) is 0 Å². The number of methoxy groups -OCH3 is 5. The van der Waals surface area contributed by atoms with E-state index in [0.29, 0.717) is 41.9 Å². The minimum Gasteiger partial charge on any atom is -0.497 e. The molecule has 0 saturated carbocycles. The lowest BCUT2D eigenvalue weighted by atomic mass is 10.1. The van der Waals surface area contributed by atoms with Crippen molar-refractivity contribution in [2.45, 2.75) is 6.42 Å². The van der Waals surface area contributed by atoms with Crippen LogP contribution in [-0.2, 0) is 9.53 Å². The highest BCUT2D eigenvalue weighted by Gasteiger charge is 2.39. The number of rotatable bonds is 7. The summed E-state index contributed by atoms with van der Waals surface area (Å²) in [6.45, 7) is 1.25. The van der Waals surface area contributed by atoms with Gasteiger partial charge in [-0.05, 0) is 24.3 Å². The molecule has 0 fully saturated rings. The van der Waals surface area contributed by atoms with Gasteiger partial charge in [0.05, 0.1) is 48.6 Å². The quantitative estimate of drug-likeness (QED) is 0.509. The van der Waals surface area contributed by atoms with Crippen LogP contribution in [0.1, 0.15) is 6.42 Å². The molecule has 0 spiro atoms. The maximum Gasteiger partial charge on any atom is 0.421 e. The van der Waals surface area contributed by atoms with Gasteiger partial charge in [-0.2, -0.15) is 0 Å². The second kappa shape index (κ2) is 9.39. The molecular weight excluding hydrogens is 388 g/mol. The number of carbonyl (C=O) groups is 1. The lowest BCUT2D eigenvalue weighted by Crippen LogP contribution is -2.48. The maximum atomic E-state index is 12.9. The van der Waals surface area contributed by atoms with Gasteiger partial charge in [-0.25, -0.2) is 14.3 Å². The number of amidine groups is 1. The lowest BCUT2D eigenvalue weighted by molar-refractivity contribution is -0.446. The summed E-state index contributed by atoms with van der Waals surface area (Å²) in [6, 6.07) is 11.0. The van der Waals surface area contributed by atoms with Crippen LogP contribution in [0.5, 0.6) is 23.0 Å². The van der Waals surface area contributed by atoms with Gasteiger partial charge in [-0.1, -0.05) is 0 Å². The fraction of sp³-hybridized carbons (Fsp3) is 0.364. The first kappa shape index (κ1) is 21.3. The van der Waals surface area contributed by atoms with Gasteiger partial charge in [0, 0.05) is 18.6 Å². The number of hydrogen-bond acceptors (Lipinski definition) is 7. The van der Waals surface area contributed by atoms with Gasteiger partial charge in [0.1, 0.15) is 11.5 Å². The van der Waals surface area contributed by atoms with Crippen LogP contribution in [0, 0.1) is 0 Å². The molecule has 0 aliphatic carbocycles. The number of ether oxygens (including phenoxy) is 5. The molecule has 8 nitrogen and oxygen atoms in total. The van der Waals surface area contributed by atoms with E-state index in [1.54, 1.807) is 40.6 Å². The van der Waals surface area contributed by atoms with Gasteiger partial charge in [0.25, 0.3) is 0 Å². The van der Waals surface area contributed by atoms with Gasteiger partial charge in [-0.3, -0.25) is 0 Å². The Labute approximate surface area is 176 Å². The third-order valence-electron chi connectivity index (χ3n) is 5.00. The fourth-order valence-corrected chi connectivity index (χ4v) is 3.54. The predicted molar refractivity (Wildman–Crippen MR) is 113 cm³/mol. The van der Waals surface area contributed by atoms with Crippen LogP contribution < -0.4 is 23.8 Å². The number of benzene rings is 2. The standard InChI is InChI=1S/C22H27N2O6/c1-26-15-7-9-17(19(13-15)28-3)23-11-6-12-24(21(23)22(25)30-5)18-10-8-16(27-2)14-20(18)29-4/h7-10,13-14H,6,11-12H2,1-5H3/q+1. The summed E-state index contributed by atoms with van der Waals surface area (Å²) in [4.78, 5) is 14.8. The number of hydrogen-bond donors (Lipinski definition) is 0. The van der Waals surface area contributed by atoms with E-state index in [4.69, 9.17) is 23.7 Å². The van der Waals surface area contributed by atoms with E-state index < -0.39 is 5.97 Å². The van der Waals surface area contributed by atoms with Crippen molar-refractivity contribution in [2.24, 2.45) is 0 Å². The van der Waals surface area contributed by atoms with Gasteiger partial charge in [0.15, 0.2) is 22.9 Å². The molecule has 0 unspecified atom stereocenters. The maximum absolute atomic E-state index is 12.9. The normalized spacial score (nSPS) is 13.7. The summed E-state index contributed by atoms with van der Waals surface area (Å²) in [5.41, 5.74) is 1.49. The molecule has 160 valence electrons. The third kappa shape index (κ3) is 3.98. The van der Waals surface area contributed by atoms with E-state index in [-0.39, 0.29) is 0 Å². The molecule has 2 aromatic rings. The minimum absolute atomic E-state index is 0.385. The zero-order valence-corrected chi connectivity index (χ0v) is 17.9. The average Bonchev–Trinajstić information content (AvgIpc) is 2.82. The summed E-state index contributed by atoms with van der Waals surface area (Å²) < 4.78 is 28.8. The van der Waals surface area contributed by atoms with E-state index in [0.717, 1.165) is 17.8 Å². The van der Waals surface area contributed by atoms with Gasteiger partial charge < -0.3 is 23.7 Å². The molecule has 1 aliphatic heterocycles. The largest absolute Gasteiger partial charge is 0.497 e. The fourth-order valence-electron chi connectivity index (χ4n) is 3.54. The van der Waals surface area contributed by atoms with Gasteiger partial charge in [0.2, 0.25) is 0 Å². The Morgan fingerprint density at radius 1 is 0.867 bits per heavy atom. The SMILES string of the molecule is COC(=O)C1=[N+](c2ccc(OC)cc2OC)CCCN1c1ccc(OC)cc1OC. The van der Waals surface area contributed by atoms with Crippen LogP contribution in [0.3, 0.4) is 0 Å². The van der Waals surface area contributed by atoms with Crippen molar-refractivity contribution in [3.63, 3.8) is 0 Å². The topological polar surface area (TPSA) is 69.5 Å². The van der Waals surface area contributed by atoms with E-state index in [1.807, 2.05) is 33.7 Å². The van der Waals surface area contributed by atoms with E-state index >= 15 is 0 Å². The van der Waals surface area contributed by atoms with Crippen molar-refractivity contribution in [2.75, 3.05) is 53.5 Å². The van der Waals surface area contributed by atoms with E-state index in [9.17, 15) is 4.79 Å². The Morgan fingerprint density at radius 2 is 1.50 bits per heavy atom. The molecule has 0 radical (unpaired) electrons. The second-order valence-electron chi connectivity index (χ2n) is 6.55. The van der Waals surface area contributed by atoms with Crippen molar-refractivity contribution in [1.29, 1.82) is 0 Å². The number of nitrogens with zero attached hydrogens (tertiary/aromatic N) is 2. The zero-order chi connectivity index (χ0) is 21.7. The molecule has 2 aromatic carbocycles. The molecule has 0 atom stereocenters. The summed E-state index contributed by atoms with van der Waals surface area (Å²) >= 11 is 0. The Bertz CT molecular complexity index is 957. The Kier molecular flexibility index (Phi) is 6.66. The lowest BCUT2D eigenvalue weighted by Gasteiger charge is -2.27. The molecule has 3 rings (SSSR count). The van der Waals surface area contributed by atoms with Crippen LogP contribution >= 0.6 is 0 Å². The zero-order valence-electron chi connectivity index (χ0n) is 17.9. The highest BCUT2D eigenvalue weighted by atomic mass is 16.5. The van der Waals surface area contributed by atoms with Crippen LogP contribution in [0.25, 0.3) is 0 Å². The molecule has 0 aromatic heterocycles. The van der Waals surface area contributed by atoms with Crippen LogP contribution in [0.15, 0.2) is 36.4 Å². The monoisotopic (exact) mass is 415 g/mol. The first-order valence-electron chi connectivity index (χ1n) is 9.52. The second-order valence-corrected chi connectivity index (χ2v) is 6.55. The van der Waals surface area contributed by atoms with Crippen molar-refractivity contribution < 1.29 is 33.1 Å². The highest BCUT2D eigenvalue weighted by Crippen LogP contribution is 2.36. The summed E-state index contributed by atoms with van der Waals surface area (Å²) in [6.07, 6.45) is 0.810. The van der Waals surface area contributed by atoms with E-state index in [1.165, 1.54) is 7.11 Å². The molecule has 0 amide bonds. The molecular formula is C22H27N2O6+. The molecule has 1 aliphatic rings. The van der Waals surface area contributed by atoms with Gasteiger partial charge >= 0.3 is 11.8 Å². The van der Waals surface area contributed by atoms with Crippen molar-refractivity contribution in [1.82, 2.24) is 0 Å². The predicted octanol–water partition coefficient (Wildman–Crippen LogP) is 2.85. The average molecular weight is 415 g/mol. The van der Waals surface area contributed by atoms with Crippen LogP contribution in [0.2, 0.25) is 0 Å². The first-order chi connectivity index (χ1) is 14.6. The molecule has 30 heavy (non-hydrogen) atoms. The molecule has 0 N–H and O–H groups in total. The third-order valence-corrected chi connectivity index (χ3v) is 5.00. The number of esters is 1. The number of anilines is 1. The molecule has 8 heteroatoms. The summed E-state index contributed by atoms with van der Waals surface area (Å²) in [7, 11) is 7.74. The highest BCUT2D eigenvalue weighted by molar-refractivity contribution is 6.39. The van der Waals surface area contributed by atoms with Crippen molar-refractivity contribution >= 4 is 23.2 Å². The Balaban J connectivity index is 2.20. The summed E-state index contributed by atoms with van der Waals surface area (Å²) in [5.74, 6) is 2.46. The van der Waals surface area contributed by atoms with Crippen molar-refractivity contribution in [3.8, 4) is 23.0 Å². The Morgan fingerprint density at radius 3 is 2.10 bits per heavy atom. The Hall–Kier alpha value is -3.42.